The fraction of sp³-hybridized carbons (Fsp3) is 0.542. The molecule has 11 heteroatoms. The number of hydrogen-bond acceptors (Lipinski definition) is 9. The average Bonchev–Trinajstić information content (AvgIpc) is 3.56. The van der Waals surface area contributed by atoms with Gasteiger partial charge in [0.1, 0.15) is 11.7 Å². The molecule has 8 rings (SSSR count). The molecule has 1 saturated heterocycles. The number of anilines is 1. The Morgan fingerprint density at radius 3 is 2.80 bits per heavy atom. The van der Waals surface area contributed by atoms with Crippen LogP contribution in [0.1, 0.15) is 49.1 Å². The molecule has 182 valence electrons. The van der Waals surface area contributed by atoms with E-state index >= 15 is 0 Å². The van der Waals surface area contributed by atoms with E-state index < -0.39 is 23.5 Å². The molecular weight excluding hydrogens is 452 g/mol. The third-order valence-electron chi connectivity index (χ3n) is 8.24. The van der Waals surface area contributed by atoms with Gasteiger partial charge in [0.2, 0.25) is 0 Å². The van der Waals surface area contributed by atoms with E-state index in [1.807, 2.05) is 12.3 Å². The molecule has 35 heavy (non-hydrogen) atoms. The van der Waals surface area contributed by atoms with Crippen LogP contribution in [0.5, 0.6) is 0 Å². The maximum absolute atomic E-state index is 12.6. The van der Waals surface area contributed by atoms with Gasteiger partial charge in [-0.15, -0.1) is 0 Å². The van der Waals surface area contributed by atoms with Crippen LogP contribution in [0.4, 0.5) is 5.69 Å². The number of H-pyrrole nitrogens is 1. The predicted octanol–water partition coefficient (Wildman–Crippen LogP) is 2.01. The van der Waals surface area contributed by atoms with Gasteiger partial charge in [0.05, 0.1) is 23.5 Å². The summed E-state index contributed by atoms with van der Waals surface area (Å²) in [4.78, 5) is 36.3. The molecule has 11 nitrogen and oxygen atoms in total. The first kappa shape index (κ1) is 20.9. The van der Waals surface area contributed by atoms with E-state index in [4.69, 9.17) is 9.26 Å². The number of esters is 1. The number of pyridine rings is 1. The molecule has 5 aliphatic rings. The standard InChI is InChI=1S/C24H26N6O5/c31-21(27-16-2-4-34-23(16)32)20-29-22(35-30-20)15-10-26-19-14(1-3-25-19)18(15)28-17-12-5-11-6-13(17)9-24(33,7-11)8-12/h1,3,10-13,16-17,33H,2,4-9H2,(H,27,31)(H2,25,26,28)/t11?,12-,13+,16?,17+,24-. The third kappa shape index (κ3) is 3.40. The summed E-state index contributed by atoms with van der Waals surface area (Å²) in [6.07, 6.45) is 8.74. The number of aromatic nitrogens is 4. The number of carbonyl (C=O) groups is 2. The maximum Gasteiger partial charge on any atom is 0.328 e. The van der Waals surface area contributed by atoms with Crippen molar-refractivity contribution in [1.29, 1.82) is 0 Å². The zero-order valence-electron chi connectivity index (χ0n) is 19.0. The molecule has 6 atom stereocenters. The Kier molecular flexibility index (Phi) is 4.48. The summed E-state index contributed by atoms with van der Waals surface area (Å²) in [6.45, 7) is 0.278. The molecule has 3 aromatic heterocycles. The van der Waals surface area contributed by atoms with Gasteiger partial charge in [-0.2, -0.15) is 4.98 Å². The number of cyclic esters (lactones) is 1. The van der Waals surface area contributed by atoms with Crippen LogP contribution in [0, 0.1) is 17.8 Å². The minimum atomic E-state index is -0.703. The van der Waals surface area contributed by atoms with Gasteiger partial charge in [-0.1, -0.05) is 5.16 Å². The number of nitrogens with zero attached hydrogens (tertiary/aromatic N) is 3. The molecule has 4 saturated carbocycles. The molecule has 5 fully saturated rings. The van der Waals surface area contributed by atoms with Crippen molar-refractivity contribution in [2.75, 3.05) is 11.9 Å². The molecule has 1 amide bonds. The van der Waals surface area contributed by atoms with E-state index in [9.17, 15) is 14.7 Å². The van der Waals surface area contributed by atoms with Crippen LogP contribution in [0.3, 0.4) is 0 Å². The van der Waals surface area contributed by atoms with Crippen LogP contribution < -0.4 is 10.6 Å². The van der Waals surface area contributed by atoms with E-state index in [2.05, 4.69) is 30.7 Å². The van der Waals surface area contributed by atoms with Gasteiger partial charge >= 0.3 is 5.97 Å². The van der Waals surface area contributed by atoms with Gasteiger partial charge in [0.25, 0.3) is 17.6 Å². The fourth-order valence-electron chi connectivity index (χ4n) is 6.98. The van der Waals surface area contributed by atoms with E-state index in [1.54, 1.807) is 6.20 Å². The molecule has 2 unspecified atom stereocenters. The van der Waals surface area contributed by atoms with Gasteiger partial charge in [-0.05, 0) is 55.9 Å². The first-order valence-corrected chi connectivity index (χ1v) is 12.2. The number of carbonyl (C=O) groups excluding carboxylic acids is 2. The first-order chi connectivity index (χ1) is 17.0. The van der Waals surface area contributed by atoms with E-state index in [1.165, 1.54) is 0 Å². The number of hydrogen-bond donors (Lipinski definition) is 4. The van der Waals surface area contributed by atoms with E-state index in [0.29, 0.717) is 29.7 Å². The number of ether oxygens (including phenoxy) is 1. The van der Waals surface area contributed by atoms with Gasteiger partial charge in [0, 0.05) is 30.2 Å². The number of aliphatic hydroxyl groups is 1. The quantitative estimate of drug-likeness (QED) is 0.403. The van der Waals surface area contributed by atoms with Crippen molar-refractivity contribution in [1.82, 2.24) is 25.4 Å². The maximum atomic E-state index is 12.6. The largest absolute Gasteiger partial charge is 0.464 e. The van der Waals surface area contributed by atoms with Gasteiger partial charge in [0.15, 0.2) is 0 Å². The molecule has 1 aliphatic heterocycles. The van der Waals surface area contributed by atoms with Crippen LogP contribution in [0.2, 0.25) is 0 Å². The highest BCUT2D eigenvalue weighted by molar-refractivity contribution is 5.98. The zero-order chi connectivity index (χ0) is 23.7. The second-order valence-electron chi connectivity index (χ2n) is 10.6. The predicted molar refractivity (Wildman–Crippen MR) is 122 cm³/mol. The summed E-state index contributed by atoms with van der Waals surface area (Å²) in [5, 5.41) is 22.1. The highest BCUT2D eigenvalue weighted by Crippen LogP contribution is 2.56. The lowest BCUT2D eigenvalue weighted by Crippen LogP contribution is -2.59. The van der Waals surface area contributed by atoms with E-state index in [-0.39, 0.29) is 24.4 Å². The molecule has 4 N–H and O–H groups in total. The monoisotopic (exact) mass is 478 g/mol. The molecule has 0 aromatic carbocycles. The Balaban J connectivity index is 1.20. The van der Waals surface area contributed by atoms with Gasteiger partial charge in [-0.25, -0.2) is 9.78 Å². The number of aromatic amines is 1. The molecule has 3 aromatic rings. The van der Waals surface area contributed by atoms with Crippen LogP contribution in [0.25, 0.3) is 22.5 Å². The van der Waals surface area contributed by atoms with Gasteiger partial charge < -0.3 is 30.0 Å². The Labute approximate surface area is 200 Å². The minimum Gasteiger partial charge on any atom is -0.464 e. The Bertz CT molecular complexity index is 1320. The summed E-state index contributed by atoms with van der Waals surface area (Å²) in [5.41, 5.74) is 1.66. The second kappa shape index (κ2) is 7.51. The lowest BCUT2D eigenvalue weighted by Gasteiger charge is -2.58. The van der Waals surface area contributed by atoms with E-state index in [0.717, 1.165) is 48.8 Å². The summed E-state index contributed by atoms with van der Waals surface area (Å²) >= 11 is 0. The second-order valence-corrected chi connectivity index (χ2v) is 10.6. The highest BCUT2D eigenvalue weighted by atomic mass is 16.5. The Morgan fingerprint density at radius 2 is 2.06 bits per heavy atom. The lowest BCUT2D eigenvalue weighted by molar-refractivity contribution is -0.139. The van der Waals surface area contributed by atoms with Crippen molar-refractivity contribution in [2.45, 2.75) is 56.2 Å². The zero-order valence-corrected chi connectivity index (χ0v) is 19.0. The van der Waals surface area contributed by atoms with Gasteiger partial charge in [-0.3, -0.25) is 4.79 Å². The fourth-order valence-corrected chi connectivity index (χ4v) is 6.98. The number of nitrogens with one attached hydrogen (secondary N) is 3. The summed E-state index contributed by atoms with van der Waals surface area (Å²) < 4.78 is 10.4. The molecule has 4 heterocycles. The Morgan fingerprint density at radius 1 is 1.23 bits per heavy atom. The van der Waals surface area contributed by atoms with Crippen LogP contribution in [-0.2, 0) is 9.53 Å². The number of rotatable bonds is 5. The third-order valence-corrected chi connectivity index (χ3v) is 8.24. The molecule has 4 bridgehead atoms. The van der Waals surface area contributed by atoms with Crippen LogP contribution >= 0.6 is 0 Å². The number of fused-ring (bicyclic) bond motifs is 1. The minimum absolute atomic E-state index is 0.156. The normalized spacial score (nSPS) is 33.3. The van der Waals surface area contributed by atoms with Crippen molar-refractivity contribution >= 4 is 28.6 Å². The smallest absolute Gasteiger partial charge is 0.328 e. The van der Waals surface area contributed by atoms with Crippen molar-refractivity contribution < 1.29 is 24.0 Å². The van der Waals surface area contributed by atoms with Crippen molar-refractivity contribution in [2.24, 2.45) is 17.8 Å². The van der Waals surface area contributed by atoms with Crippen LogP contribution in [-0.4, -0.2) is 61.4 Å². The SMILES string of the molecule is O=C(NC1CCOC1=O)c1noc(-c2cnc3[nH]ccc3c2N[C@H]2[C@@H]3CC4C[C@H]2C[C@@](O)(C4)C3)n1. The summed E-state index contributed by atoms with van der Waals surface area (Å²) in [6, 6.07) is 1.48. The molecule has 4 aliphatic carbocycles. The molecule has 0 spiro atoms. The average molecular weight is 479 g/mol. The first-order valence-electron chi connectivity index (χ1n) is 12.2. The van der Waals surface area contributed by atoms with Crippen LogP contribution in [0.15, 0.2) is 23.0 Å². The molecule has 0 radical (unpaired) electrons. The molecular formula is C24H26N6O5. The van der Waals surface area contributed by atoms with Crippen molar-refractivity contribution in [3.05, 3.63) is 24.3 Å². The highest BCUT2D eigenvalue weighted by Gasteiger charge is 2.54. The van der Waals surface area contributed by atoms with Crippen molar-refractivity contribution in [3.63, 3.8) is 0 Å². The lowest BCUT2D eigenvalue weighted by atomic mass is 9.52. The summed E-state index contributed by atoms with van der Waals surface area (Å²) in [7, 11) is 0. The summed E-state index contributed by atoms with van der Waals surface area (Å²) in [5.74, 6) is 0.363. The Hall–Kier alpha value is -3.47. The van der Waals surface area contributed by atoms with Crippen molar-refractivity contribution in [3.8, 4) is 11.5 Å². The topological polar surface area (TPSA) is 155 Å². The number of amides is 1.